The summed E-state index contributed by atoms with van der Waals surface area (Å²) in [5.41, 5.74) is 0. The lowest BCUT2D eigenvalue weighted by Crippen LogP contribution is -2.50. The van der Waals surface area contributed by atoms with Gasteiger partial charge in [0.15, 0.2) is 0 Å². The molecular weight excluding hydrogens is 164 g/mol. The number of nitrogens with one attached hydrogen (secondary N) is 1. The molecule has 3 heteroatoms. The Labute approximate surface area is 80.4 Å². The maximum absolute atomic E-state index is 5.29. The zero-order valence-corrected chi connectivity index (χ0v) is 8.62. The molecule has 0 aromatic heterocycles. The zero-order valence-electron chi connectivity index (χ0n) is 8.62. The van der Waals surface area contributed by atoms with Crippen LogP contribution in [0.5, 0.6) is 0 Å². The predicted octanol–water partition coefficient (Wildman–Crippen LogP) is 0.457. The van der Waals surface area contributed by atoms with Gasteiger partial charge in [-0.2, -0.15) is 0 Å². The molecule has 0 bridgehead atoms. The van der Waals surface area contributed by atoms with Crippen LogP contribution in [0.15, 0.2) is 0 Å². The van der Waals surface area contributed by atoms with Gasteiger partial charge in [0.2, 0.25) is 0 Å². The van der Waals surface area contributed by atoms with E-state index in [4.69, 9.17) is 4.74 Å². The number of methoxy groups -OCH3 is 1. The summed E-state index contributed by atoms with van der Waals surface area (Å²) in [4.78, 5) is 2.54. The number of ether oxygens (including phenoxy) is 1. The molecule has 0 aromatic rings. The molecule has 76 valence electrons. The highest BCUT2D eigenvalue weighted by atomic mass is 16.5. The first-order valence-corrected chi connectivity index (χ1v) is 5.26. The molecule has 0 spiro atoms. The lowest BCUT2D eigenvalue weighted by atomic mass is 9.87. The van der Waals surface area contributed by atoms with Gasteiger partial charge in [0.25, 0.3) is 0 Å². The lowest BCUT2D eigenvalue weighted by Gasteiger charge is -2.42. The molecule has 1 N–H and O–H groups in total. The summed E-state index contributed by atoms with van der Waals surface area (Å²) in [5.74, 6) is 0. The lowest BCUT2D eigenvalue weighted by molar-refractivity contribution is -0.0291. The SMILES string of the molecule is COC1CC(N(C)C2CCNC2)C1. The molecule has 2 aliphatic rings. The molecule has 2 rings (SSSR count). The van der Waals surface area contributed by atoms with Gasteiger partial charge in [-0.3, -0.25) is 4.90 Å². The van der Waals surface area contributed by atoms with Crippen molar-refractivity contribution >= 4 is 0 Å². The van der Waals surface area contributed by atoms with Gasteiger partial charge < -0.3 is 10.1 Å². The fourth-order valence-corrected chi connectivity index (χ4v) is 2.35. The second-order valence-electron chi connectivity index (χ2n) is 4.30. The Hall–Kier alpha value is -0.120. The number of hydrogen-bond donors (Lipinski definition) is 1. The average molecular weight is 184 g/mol. The smallest absolute Gasteiger partial charge is 0.0601 e. The molecule has 2 fully saturated rings. The van der Waals surface area contributed by atoms with Crippen LogP contribution in [-0.2, 0) is 4.74 Å². The van der Waals surface area contributed by atoms with Crippen LogP contribution in [0.3, 0.4) is 0 Å². The molecule has 1 atom stereocenters. The molecule has 1 saturated heterocycles. The van der Waals surface area contributed by atoms with Crippen LogP contribution in [0.25, 0.3) is 0 Å². The quantitative estimate of drug-likeness (QED) is 0.689. The molecule has 1 aliphatic carbocycles. The van der Waals surface area contributed by atoms with E-state index in [0.29, 0.717) is 6.10 Å². The Morgan fingerprint density at radius 3 is 2.62 bits per heavy atom. The summed E-state index contributed by atoms with van der Waals surface area (Å²) in [5, 5.41) is 3.41. The first-order chi connectivity index (χ1) is 6.31. The Balaban J connectivity index is 1.75. The maximum atomic E-state index is 5.29. The minimum atomic E-state index is 0.529. The third-order valence-corrected chi connectivity index (χ3v) is 3.59. The molecule has 13 heavy (non-hydrogen) atoms. The third kappa shape index (κ3) is 1.87. The molecule has 3 nitrogen and oxygen atoms in total. The van der Waals surface area contributed by atoms with Crippen molar-refractivity contribution in [2.75, 3.05) is 27.2 Å². The standard InChI is InChI=1S/C10H20N2O/c1-12(8-3-4-11-7-8)9-5-10(6-9)13-2/h8-11H,3-7H2,1-2H3. The van der Waals surface area contributed by atoms with Crippen molar-refractivity contribution in [1.82, 2.24) is 10.2 Å². The monoisotopic (exact) mass is 184 g/mol. The van der Waals surface area contributed by atoms with Gasteiger partial charge in [0.05, 0.1) is 6.10 Å². The summed E-state index contributed by atoms with van der Waals surface area (Å²) < 4.78 is 5.29. The van der Waals surface area contributed by atoms with Crippen molar-refractivity contribution in [2.24, 2.45) is 0 Å². The van der Waals surface area contributed by atoms with Crippen LogP contribution in [0.4, 0.5) is 0 Å². The fraction of sp³-hybridized carbons (Fsp3) is 1.00. The van der Waals surface area contributed by atoms with E-state index < -0.39 is 0 Å². The van der Waals surface area contributed by atoms with Crippen molar-refractivity contribution in [3.8, 4) is 0 Å². The summed E-state index contributed by atoms with van der Waals surface area (Å²) in [6.45, 7) is 2.36. The minimum Gasteiger partial charge on any atom is -0.381 e. The second-order valence-corrected chi connectivity index (χ2v) is 4.30. The van der Waals surface area contributed by atoms with E-state index in [1.54, 1.807) is 0 Å². The highest BCUT2D eigenvalue weighted by molar-refractivity contribution is 4.91. The third-order valence-electron chi connectivity index (χ3n) is 3.59. The van der Waals surface area contributed by atoms with Gasteiger partial charge in [0.1, 0.15) is 0 Å². The number of likely N-dealkylation sites (N-methyl/N-ethyl adjacent to an activating group) is 1. The summed E-state index contributed by atoms with van der Waals surface area (Å²) >= 11 is 0. The Kier molecular flexibility index (Phi) is 2.86. The van der Waals surface area contributed by atoms with Gasteiger partial charge in [-0.15, -0.1) is 0 Å². The van der Waals surface area contributed by atoms with Crippen molar-refractivity contribution < 1.29 is 4.74 Å². The Morgan fingerprint density at radius 2 is 2.08 bits per heavy atom. The van der Waals surface area contributed by atoms with Gasteiger partial charge in [-0.25, -0.2) is 0 Å². The summed E-state index contributed by atoms with van der Waals surface area (Å²) in [6, 6.07) is 1.54. The molecule has 0 radical (unpaired) electrons. The molecule has 1 aliphatic heterocycles. The molecule has 1 saturated carbocycles. The highest BCUT2D eigenvalue weighted by Crippen LogP contribution is 2.29. The highest BCUT2D eigenvalue weighted by Gasteiger charge is 2.35. The van der Waals surface area contributed by atoms with Crippen molar-refractivity contribution in [1.29, 1.82) is 0 Å². The zero-order chi connectivity index (χ0) is 9.26. The van der Waals surface area contributed by atoms with Gasteiger partial charge >= 0.3 is 0 Å². The summed E-state index contributed by atoms with van der Waals surface area (Å²) in [7, 11) is 4.08. The molecule has 0 amide bonds. The molecule has 1 unspecified atom stereocenters. The number of rotatable bonds is 3. The van der Waals surface area contributed by atoms with E-state index >= 15 is 0 Å². The van der Waals surface area contributed by atoms with E-state index in [-0.39, 0.29) is 0 Å². The van der Waals surface area contributed by atoms with Crippen molar-refractivity contribution in [3.05, 3.63) is 0 Å². The molecular formula is C10H20N2O. The first kappa shape index (κ1) is 9.44. The average Bonchev–Trinajstić information content (AvgIpc) is 2.53. The van der Waals surface area contributed by atoms with Crippen LogP contribution in [0.1, 0.15) is 19.3 Å². The van der Waals surface area contributed by atoms with E-state index in [0.717, 1.165) is 12.1 Å². The molecule has 0 aromatic carbocycles. The van der Waals surface area contributed by atoms with Gasteiger partial charge in [-0.1, -0.05) is 0 Å². The van der Waals surface area contributed by atoms with Crippen LogP contribution in [0, 0.1) is 0 Å². The molecule has 1 heterocycles. The van der Waals surface area contributed by atoms with Gasteiger partial charge in [-0.05, 0) is 32.9 Å². The van der Waals surface area contributed by atoms with E-state index in [9.17, 15) is 0 Å². The topological polar surface area (TPSA) is 24.5 Å². The van der Waals surface area contributed by atoms with Crippen LogP contribution >= 0.6 is 0 Å². The largest absolute Gasteiger partial charge is 0.381 e. The van der Waals surface area contributed by atoms with Crippen molar-refractivity contribution in [3.63, 3.8) is 0 Å². The minimum absolute atomic E-state index is 0.529. The Morgan fingerprint density at radius 1 is 1.31 bits per heavy atom. The second kappa shape index (κ2) is 3.95. The predicted molar refractivity (Wildman–Crippen MR) is 52.9 cm³/mol. The van der Waals surface area contributed by atoms with E-state index in [2.05, 4.69) is 17.3 Å². The normalized spacial score (nSPS) is 39.5. The van der Waals surface area contributed by atoms with Crippen LogP contribution < -0.4 is 5.32 Å². The fourth-order valence-electron chi connectivity index (χ4n) is 2.35. The van der Waals surface area contributed by atoms with Crippen molar-refractivity contribution in [2.45, 2.75) is 37.5 Å². The Bertz CT molecular complexity index is 162. The van der Waals surface area contributed by atoms with Crippen LogP contribution in [-0.4, -0.2) is 50.3 Å². The maximum Gasteiger partial charge on any atom is 0.0601 e. The van der Waals surface area contributed by atoms with E-state index in [1.165, 1.54) is 32.4 Å². The first-order valence-electron chi connectivity index (χ1n) is 5.26. The van der Waals surface area contributed by atoms with Crippen LogP contribution in [0.2, 0.25) is 0 Å². The number of nitrogens with zero attached hydrogens (tertiary/aromatic N) is 1. The van der Waals surface area contributed by atoms with E-state index in [1.807, 2.05) is 7.11 Å². The number of hydrogen-bond acceptors (Lipinski definition) is 3. The summed E-state index contributed by atoms with van der Waals surface area (Å²) in [6.07, 6.45) is 4.29. The van der Waals surface area contributed by atoms with Gasteiger partial charge in [0, 0.05) is 25.7 Å².